The first-order valence-electron chi connectivity index (χ1n) is 5.15. The number of pyridine rings is 1. The summed E-state index contributed by atoms with van der Waals surface area (Å²) in [5, 5.41) is 37.1. The lowest BCUT2D eigenvalue weighted by atomic mass is 10.0. The highest BCUT2D eigenvalue weighted by Crippen LogP contribution is 2.33. The maximum absolute atomic E-state index is 9.78. The van der Waals surface area contributed by atoms with E-state index in [1.807, 2.05) is 6.07 Å². The smallest absolute Gasteiger partial charge is 0.113 e. The second-order valence-electron chi connectivity index (χ2n) is 3.88. The Kier molecular flexibility index (Phi) is 3.36. The topological polar surface area (TPSA) is 107 Å². The molecule has 6 heteroatoms. The van der Waals surface area contributed by atoms with E-state index in [2.05, 4.69) is 4.98 Å². The summed E-state index contributed by atoms with van der Waals surface area (Å²) in [7, 11) is 0. The van der Waals surface area contributed by atoms with Crippen LogP contribution in [0.25, 0.3) is 0 Å². The number of hydrogen-bond acceptors (Lipinski definition) is 6. The van der Waals surface area contributed by atoms with Gasteiger partial charge in [-0.1, -0.05) is 0 Å². The van der Waals surface area contributed by atoms with Gasteiger partial charge in [0.05, 0.1) is 12.2 Å². The van der Waals surface area contributed by atoms with Crippen LogP contribution in [0.1, 0.15) is 17.2 Å². The molecule has 4 atom stereocenters. The van der Waals surface area contributed by atoms with E-state index >= 15 is 0 Å². The number of aliphatic hydroxyl groups is 3. The van der Waals surface area contributed by atoms with Gasteiger partial charge < -0.3 is 20.1 Å². The van der Waals surface area contributed by atoms with Crippen molar-refractivity contribution in [3.8, 4) is 6.07 Å². The van der Waals surface area contributed by atoms with Gasteiger partial charge in [-0.25, -0.2) is 0 Å². The molecule has 0 amide bonds. The number of hydrogen-bond donors (Lipinski definition) is 3. The van der Waals surface area contributed by atoms with E-state index in [0.29, 0.717) is 11.1 Å². The highest BCUT2D eigenvalue weighted by atomic mass is 16.6. The van der Waals surface area contributed by atoms with Gasteiger partial charge in [0, 0.05) is 18.0 Å². The van der Waals surface area contributed by atoms with Crippen LogP contribution >= 0.6 is 0 Å². The Hall–Kier alpha value is -1.52. The zero-order chi connectivity index (χ0) is 12.4. The third-order valence-electron chi connectivity index (χ3n) is 2.76. The van der Waals surface area contributed by atoms with Gasteiger partial charge >= 0.3 is 0 Å². The van der Waals surface area contributed by atoms with E-state index < -0.39 is 24.4 Å². The van der Waals surface area contributed by atoms with Crippen molar-refractivity contribution in [2.45, 2.75) is 24.4 Å². The molecule has 1 unspecified atom stereocenters. The first-order chi connectivity index (χ1) is 8.17. The van der Waals surface area contributed by atoms with Crippen LogP contribution in [0.2, 0.25) is 0 Å². The van der Waals surface area contributed by atoms with Gasteiger partial charge in [-0.3, -0.25) is 4.98 Å². The molecule has 1 saturated heterocycles. The summed E-state index contributed by atoms with van der Waals surface area (Å²) in [4.78, 5) is 3.85. The number of nitriles is 1. The molecule has 1 aliphatic rings. The van der Waals surface area contributed by atoms with Gasteiger partial charge in [0.25, 0.3) is 0 Å². The number of nitrogens with zero attached hydrogens (tertiary/aromatic N) is 2. The number of aliphatic hydroxyl groups excluding tert-OH is 3. The zero-order valence-electron chi connectivity index (χ0n) is 8.89. The fourth-order valence-electron chi connectivity index (χ4n) is 1.85. The third-order valence-corrected chi connectivity index (χ3v) is 2.76. The summed E-state index contributed by atoms with van der Waals surface area (Å²) in [6.07, 6.45) is -1.02. The fraction of sp³-hybridized carbons (Fsp3) is 0.455. The van der Waals surface area contributed by atoms with Crippen molar-refractivity contribution in [3.05, 3.63) is 29.6 Å². The SMILES string of the molecule is N#Cc1cncc(C2O[C@H](CO)[C@@H](O)[C@H]2O)c1. The summed E-state index contributed by atoms with van der Waals surface area (Å²) >= 11 is 0. The Morgan fingerprint density at radius 2 is 2.12 bits per heavy atom. The van der Waals surface area contributed by atoms with E-state index in [-0.39, 0.29) is 6.61 Å². The van der Waals surface area contributed by atoms with Crippen molar-refractivity contribution in [1.29, 1.82) is 5.26 Å². The zero-order valence-corrected chi connectivity index (χ0v) is 8.89. The molecular formula is C11H12N2O4. The van der Waals surface area contributed by atoms with E-state index in [0.717, 1.165) is 0 Å². The van der Waals surface area contributed by atoms with Gasteiger partial charge in [-0.15, -0.1) is 0 Å². The fourth-order valence-corrected chi connectivity index (χ4v) is 1.85. The molecule has 1 aromatic rings. The second kappa shape index (κ2) is 4.77. The van der Waals surface area contributed by atoms with Crippen LogP contribution in [-0.2, 0) is 4.74 Å². The lowest BCUT2D eigenvalue weighted by Crippen LogP contribution is -2.32. The Bertz CT molecular complexity index is 445. The van der Waals surface area contributed by atoms with Gasteiger partial charge in [0.15, 0.2) is 0 Å². The summed E-state index contributed by atoms with van der Waals surface area (Å²) < 4.78 is 5.32. The number of aromatic nitrogens is 1. The Morgan fingerprint density at radius 1 is 1.35 bits per heavy atom. The van der Waals surface area contributed by atoms with Crippen molar-refractivity contribution < 1.29 is 20.1 Å². The molecule has 0 saturated carbocycles. The average Bonchev–Trinajstić information content (AvgIpc) is 2.66. The molecule has 90 valence electrons. The summed E-state index contributed by atoms with van der Waals surface area (Å²) in [6, 6.07) is 3.47. The molecule has 2 rings (SSSR count). The van der Waals surface area contributed by atoms with Crippen molar-refractivity contribution in [3.63, 3.8) is 0 Å². The molecule has 2 heterocycles. The maximum atomic E-state index is 9.78. The van der Waals surface area contributed by atoms with Gasteiger partial charge in [0.2, 0.25) is 0 Å². The summed E-state index contributed by atoms with van der Waals surface area (Å²) in [5.41, 5.74) is 0.854. The lowest BCUT2D eigenvalue weighted by molar-refractivity contribution is -0.0228. The van der Waals surface area contributed by atoms with E-state index in [4.69, 9.17) is 15.1 Å². The normalized spacial score (nSPS) is 32.4. The summed E-state index contributed by atoms with van der Waals surface area (Å²) in [5.74, 6) is 0. The molecule has 17 heavy (non-hydrogen) atoms. The van der Waals surface area contributed by atoms with Crippen molar-refractivity contribution in [2.75, 3.05) is 6.61 Å². The van der Waals surface area contributed by atoms with E-state index in [1.54, 1.807) is 0 Å². The van der Waals surface area contributed by atoms with E-state index in [9.17, 15) is 10.2 Å². The van der Waals surface area contributed by atoms with Crippen LogP contribution in [0.4, 0.5) is 0 Å². The minimum absolute atomic E-state index is 0.347. The largest absolute Gasteiger partial charge is 0.394 e. The molecule has 0 radical (unpaired) electrons. The molecule has 3 N–H and O–H groups in total. The van der Waals surface area contributed by atoms with Crippen LogP contribution in [0.3, 0.4) is 0 Å². The molecule has 0 bridgehead atoms. The second-order valence-corrected chi connectivity index (χ2v) is 3.88. The molecule has 1 aromatic heterocycles. The third kappa shape index (κ3) is 2.14. The molecule has 1 aliphatic heterocycles. The van der Waals surface area contributed by atoms with Crippen molar-refractivity contribution in [1.82, 2.24) is 4.98 Å². The summed E-state index contributed by atoms with van der Waals surface area (Å²) in [6.45, 7) is -0.375. The maximum Gasteiger partial charge on any atom is 0.113 e. The minimum atomic E-state index is -1.14. The molecule has 6 nitrogen and oxygen atoms in total. The average molecular weight is 236 g/mol. The lowest BCUT2D eigenvalue weighted by Gasteiger charge is -2.14. The molecule has 0 aliphatic carbocycles. The van der Waals surface area contributed by atoms with Crippen LogP contribution in [0.15, 0.2) is 18.5 Å². The predicted octanol–water partition coefficient (Wildman–Crippen LogP) is -0.893. The Morgan fingerprint density at radius 3 is 2.71 bits per heavy atom. The quantitative estimate of drug-likeness (QED) is 0.614. The number of ether oxygens (including phenoxy) is 1. The molecule has 0 spiro atoms. The minimum Gasteiger partial charge on any atom is -0.394 e. The molecular weight excluding hydrogens is 224 g/mol. The first-order valence-corrected chi connectivity index (χ1v) is 5.15. The van der Waals surface area contributed by atoms with E-state index in [1.165, 1.54) is 18.5 Å². The van der Waals surface area contributed by atoms with Gasteiger partial charge in [-0.2, -0.15) is 5.26 Å². The molecule has 1 fully saturated rings. The highest BCUT2D eigenvalue weighted by molar-refractivity contribution is 5.31. The molecule has 0 aromatic carbocycles. The predicted molar refractivity (Wildman–Crippen MR) is 55.7 cm³/mol. The number of rotatable bonds is 2. The van der Waals surface area contributed by atoms with Crippen LogP contribution in [0.5, 0.6) is 0 Å². The van der Waals surface area contributed by atoms with Crippen LogP contribution in [0, 0.1) is 11.3 Å². The first kappa shape index (κ1) is 12.0. The van der Waals surface area contributed by atoms with Crippen molar-refractivity contribution in [2.24, 2.45) is 0 Å². The van der Waals surface area contributed by atoms with Gasteiger partial charge in [-0.05, 0) is 6.07 Å². The Balaban J connectivity index is 2.26. The van der Waals surface area contributed by atoms with Crippen LogP contribution in [-0.4, -0.2) is 45.2 Å². The van der Waals surface area contributed by atoms with Crippen LogP contribution < -0.4 is 0 Å². The standard InChI is InChI=1S/C11H12N2O4/c12-2-6-1-7(4-13-3-6)11-10(16)9(15)8(5-14)17-11/h1,3-4,8-11,14-16H,5H2/t8-,9-,10-,11?/m1/s1. The van der Waals surface area contributed by atoms with Gasteiger partial charge in [0.1, 0.15) is 30.5 Å². The monoisotopic (exact) mass is 236 g/mol. The van der Waals surface area contributed by atoms with Crippen molar-refractivity contribution >= 4 is 0 Å². The Labute approximate surface area is 97.7 Å². The highest BCUT2D eigenvalue weighted by Gasteiger charge is 2.43.